The molecule has 4 rings (SSSR count). The Morgan fingerprint density at radius 2 is 1.47 bits per heavy atom. The fraction of sp³-hybridized carbons (Fsp3) is 0.241. The molecule has 0 bridgehead atoms. The van der Waals surface area contributed by atoms with Crippen molar-refractivity contribution in [2.24, 2.45) is 0 Å². The second-order valence-electron chi connectivity index (χ2n) is 8.45. The van der Waals surface area contributed by atoms with E-state index in [-0.39, 0.29) is 5.56 Å². The van der Waals surface area contributed by atoms with Crippen molar-refractivity contribution in [3.63, 3.8) is 0 Å². The monoisotopic (exact) mass is 466 g/mol. The molecule has 1 nitrogen and oxygen atoms in total. The molecule has 5 heteroatoms. The van der Waals surface area contributed by atoms with E-state index in [2.05, 4.69) is 11.7 Å². The van der Waals surface area contributed by atoms with Crippen LogP contribution in [0.5, 0.6) is 5.75 Å². The van der Waals surface area contributed by atoms with Crippen LogP contribution in [0.1, 0.15) is 49.4 Å². The average Bonchev–Trinajstić information content (AvgIpc) is 2.86. The third-order valence-electron chi connectivity index (χ3n) is 6.28. The van der Waals surface area contributed by atoms with E-state index >= 15 is 4.39 Å². The zero-order valence-corrected chi connectivity index (χ0v) is 19.1. The van der Waals surface area contributed by atoms with Crippen LogP contribution in [-0.2, 0) is 0 Å². The Hall–Kier alpha value is -3.34. The minimum atomic E-state index is -1.37. The molecule has 0 heterocycles. The zero-order valence-electron chi connectivity index (χ0n) is 19.1. The largest absolute Gasteiger partial charge is 0.491 e. The van der Waals surface area contributed by atoms with Crippen molar-refractivity contribution in [2.45, 2.75) is 38.3 Å². The molecule has 0 saturated carbocycles. The summed E-state index contributed by atoms with van der Waals surface area (Å²) in [4.78, 5) is 0. The number of hydrogen-bond donors (Lipinski definition) is 0. The first-order valence-corrected chi connectivity index (χ1v) is 11.4. The van der Waals surface area contributed by atoms with Gasteiger partial charge < -0.3 is 4.74 Å². The van der Waals surface area contributed by atoms with Crippen molar-refractivity contribution in [3.05, 3.63) is 101 Å². The number of ether oxygens (including phenoxy) is 1. The molecule has 0 spiro atoms. The van der Waals surface area contributed by atoms with Gasteiger partial charge in [0.2, 0.25) is 5.82 Å². The maximum absolute atomic E-state index is 15.8. The van der Waals surface area contributed by atoms with Gasteiger partial charge in [0.1, 0.15) is 6.17 Å². The Morgan fingerprint density at radius 1 is 0.794 bits per heavy atom. The minimum Gasteiger partial charge on any atom is -0.491 e. The number of halogens is 4. The van der Waals surface area contributed by atoms with Gasteiger partial charge in [-0.1, -0.05) is 80.4 Å². The lowest BCUT2D eigenvalue weighted by Crippen LogP contribution is -2.08. The third kappa shape index (κ3) is 4.65. The van der Waals surface area contributed by atoms with E-state index in [4.69, 9.17) is 0 Å². The van der Waals surface area contributed by atoms with E-state index < -0.39 is 35.3 Å². The maximum Gasteiger partial charge on any atom is 0.204 e. The van der Waals surface area contributed by atoms with Crippen LogP contribution < -0.4 is 4.74 Å². The van der Waals surface area contributed by atoms with E-state index in [1.54, 1.807) is 24.3 Å². The number of benzene rings is 4. The van der Waals surface area contributed by atoms with Gasteiger partial charge in [-0.05, 0) is 46.0 Å². The second kappa shape index (κ2) is 10.3. The summed E-state index contributed by atoms with van der Waals surface area (Å²) in [6.07, 6.45) is 1.19. The molecule has 34 heavy (non-hydrogen) atoms. The van der Waals surface area contributed by atoms with Crippen LogP contribution in [0.4, 0.5) is 17.6 Å². The summed E-state index contributed by atoms with van der Waals surface area (Å²) in [6.45, 7) is 2.05. The molecule has 0 aliphatic heterocycles. The molecule has 4 aromatic rings. The second-order valence-corrected chi connectivity index (χ2v) is 8.45. The lowest BCUT2D eigenvalue weighted by molar-refractivity contribution is 0.274. The van der Waals surface area contributed by atoms with E-state index in [0.717, 1.165) is 42.4 Å². The predicted octanol–water partition coefficient (Wildman–Crippen LogP) is 8.92. The van der Waals surface area contributed by atoms with Crippen molar-refractivity contribution >= 4 is 10.8 Å². The number of methoxy groups -OCH3 is 1. The van der Waals surface area contributed by atoms with Crippen LogP contribution in [0, 0.1) is 17.5 Å². The fourth-order valence-electron chi connectivity index (χ4n) is 4.40. The molecule has 0 aliphatic rings. The quantitative estimate of drug-likeness (QED) is 0.186. The molecule has 2 atom stereocenters. The molecular formula is C29H26F4O. The van der Waals surface area contributed by atoms with Crippen LogP contribution in [0.2, 0.25) is 0 Å². The standard InChI is InChI=1S/C29H26F4O/c1-3-4-9-23(26(31)22-15-10-18-7-5-6-8-21(18)16-22)19-11-13-20(14-12-19)24-17-25(30)29(34-2)28(33)27(24)32/h5-8,10-17,23,26H,3-4,9H2,1-2H3. The molecule has 0 fully saturated rings. The molecule has 0 N–H and O–H groups in total. The summed E-state index contributed by atoms with van der Waals surface area (Å²) in [6, 6.07) is 20.9. The van der Waals surface area contributed by atoms with E-state index in [1.807, 2.05) is 42.5 Å². The molecule has 0 aromatic heterocycles. The molecule has 176 valence electrons. The zero-order chi connectivity index (χ0) is 24.2. The first-order chi connectivity index (χ1) is 16.4. The highest BCUT2D eigenvalue weighted by Gasteiger charge is 2.25. The van der Waals surface area contributed by atoms with E-state index in [1.165, 1.54) is 0 Å². The van der Waals surface area contributed by atoms with Crippen LogP contribution in [0.3, 0.4) is 0 Å². The van der Waals surface area contributed by atoms with Crippen LogP contribution in [0.25, 0.3) is 21.9 Å². The molecule has 0 amide bonds. The highest BCUT2D eigenvalue weighted by Crippen LogP contribution is 2.40. The summed E-state index contributed by atoms with van der Waals surface area (Å²) in [5, 5.41) is 2.03. The van der Waals surface area contributed by atoms with Gasteiger partial charge in [0, 0.05) is 11.5 Å². The van der Waals surface area contributed by atoms with Crippen molar-refractivity contribution in [3.8, 4) is 16.9 Å². The Labute approximate surface area is 197 Å². The number of hydrogen-bond acceptors (Lipinski definition) is 1. The third-order valence-corrected chi connectivity index (χ3v) is 6.28. The Morgan fingerprint density at radius 3 is 2.15 bits per heavy atom. The highest BCUT2D eigenvalue weighted by atomic mass is 19.2. The minimum absolute atomic E-state index is 0.209. The van der Waals surface area contributed by atoms with Crippen molar-refractivity contribution in [1.82, 2.24) is 0 Å². The SMILES string of the molecule is CCCCC(c1ccc(-c2cc(F)c(OC)c(F)c2F)cc1)C(F)c1ccc2ccccc2c1. The van der Waals surface area contributed by atoms with Crippen LogP contribution in [-0.4, -0.2) is 7.11 Å². The maximum atomic E-state index is 15.8. The Bertz CT molecular complexity index is 1280. The Kier molecular flexibility index (Phi) is 7.20. The first-order valence-electron chi connectivity index (χ1n) is 11.4. The summed E-state index contributed by atoms with van der Waals surface area (Å²) in [5.41, 5.74) is 1.46. The summed E-state index contributed by atoms with van der Waals surface area (Å²) in [5.74, 6) is -4.70. The lowest BCUT2D eigenvalue weighted by Gasteiger charge is -2.23. The summed E-state index contributed by atoms with van der Waals surface area (Å²) >= 11 is 0. The Balaban J connectivity index is 1.67. The molecule has 0 saturated heterocycles. The van der Waals surface area contributed by atoms with Gasteiger partial charge in [-0.25, -0.2) is 13.2 Å². The first kappa shape index (κ1) is 23.8. The van der Waals surface area contributed by atoms with Gasteiger partial charge in [0.15, 0.2) is 17.4 Å². The van der Waals surface area contributed by atoms with Crippen molar-refractivity contribution in [2.75, 3.05) is 7.11 Å². The molecule has 0 radical (unpaired) electrons. The fourth-order valence-corrected chi connectivity index (χ4v) is 4.40. The van der Waals surface area contributed by atoms with Gasteiger partial charge in [0.25, 0.3) is 0 Å². The summed E-state index contributed by atoms with van der Waals surface area (Å²) < 4.78 is 63.3. The number of unbranched alkanes of at least 4 members (excludes halogenated alkanes) is 1. The molecule has 4 aromatic carbocycles. The van der Waals surface area contributed by atoms with Gasteiger partial charge in [-0.2, -0.15) is 4.39 Å². The van der Waals surface area contributed by atoms with Gasteiger partial charge in [-0.15, -0.1) is 0 Å². The molecule has 0 aliphatic carbocycles. The number of rotatable bonds is 8. The average molecular weight is 467 g/mol. The van der Waals surface area contributed by atoms with Crippen molar-refractivity contribution < 1.29 is 22.3 Å². The van der Waals surface area contributed by atoms with E-state index in [9.17, 15) is 13.2 Å². The van der Waals surface area contributed by atoms with Gasteiger partial charge in [-0.3, -0.25) is 0 Å². The number of fused-ring (bicyclic) bond motifs is 1. The van der Waals surface area contributed by atoms with Gasteiger partial charge >= 0.3 is 0 Å². The van der Waals surface area contributed by atoms with Crippen LogP contribution >= 0.6 is 0 Å². The number of alkyl halides is 1. The van der Waals surface area contributed by atoms with Crippen molar-refractivity contribution in [1.29, 1.82) is 0 Å². The van der Waals surface area contributed by atoms with Crippen LogP contribution in [0.15, 0.2) is 72.8 Å². The molecular weight excluding hydrogens is 440 g/mol. The topological polar surface area (TPSA) is 9.23 Å². The molecule has 2 unspecified atom stereocenters. The van der Waals surface area contributed by atoms with E-state index in [0.29, 0.717) is 17.5 Å². The predicted molar refractivity (Wildman–Crippen MR) is 128 cm³/mol. The summed E-state index contributed by atoms with van der Waals surface area (Å²) in [7, 11) is 1.08. The smallest absolute Gasteiger partial charge is 0.204 e. The highest BCUT2D eigenvalue weighted by molar-refractivity contribution is 5.83. The lowest BCUT2D eigenvalue weighted by atomic mass is 9.85. The van der Waals surface area contributed by atoms with Gasteiger partial charge in [0.05, 0.1) is 7.11 Å². The normalized spacial score (nSPS) is 13.1.